The van der Waals surface area contributed by atoms with Crippen LogP contribution in [0.1, 0.15) is 5.56 Å². The van der Waals surface area contributed by atoms with Gasteiger partial charge in [0.25, 0.3) is 0 Å². The van der Waals surface area contributed by atoms with Crippen molar-refractivity contribution in [2.24, 2.45) is 11.8 Å². The summed E-state index contributed by atoms with van der Waals surface area (Å²) < 4.78 is 11.4. The highest BCUT2D eigenvalue weighted by Gasteiger charge is 2.35. The second-order valence-electron chi connectivity index (χ2n) is 8.37. The first kappa shape index (κ1) is 25.5. The molecular formula is C21H36Cl2N4O3. The van der Waals surface area contributed by atoms with Gasteiger partial charge in [0.05, 0.1) is 7.11 Å². The minimum atomic E-state index is -0.500. The van der Waals surface area contributed by atoms with E-state index >= 15 is 0 Å². The van der Waals surface area contributed by atoms with Gasteiger partial charge in [0, 0.05) is 52.4 Å². The summed E-state index contributed by atoms with van der Waals surface area (Å²) in [5.74, 6) is 3.06. The number of piperazine rings is 1. The monoisotopic (exact) mass is 462 g/mol. The topological polar surface area (TPSA) is 69.2 Å². The Morgan fingerprint density at radius 2 is 1.73 bits per heavy atom. The van der Waals surface area contributed by atoms with Crippen LogP contribution in [0.3, 0.4) is 0 Å². The number of rotatable bonds is 8. The third kappa shape index (κ3) is 6.60. The van der Waals surface area contributed by atoms with Gasteiger partial charge in [0.15, 0.2) is 11.5 Å². The molecule has 1 aromatic carbocycles. The van der Waals surface area contributed by atoms with E-state index in [1.54, 1.807) is 7.11 Å². The summed E-state index contributed by atoms with van der Waals surface area (Å²) in [6.45, 7) is 10.5. The molecule has 3 heterocycles. The smallest absolute Gasteiger partial charge is 0.161 e. The SMILES string of the molecule is COc1cc(CN2C[C@H]3CNC[C@H]3C2)ccc1OCC(O)CN1CCNCC1.Cl.Cl. The molecule has 9 heteroatoms. The number of fused-ring (bicyclic) bond motifs is 1. The standard InChI is InChI=1S/C21H34N4O3.2ClH/c1-27-21-8-16(11-25-12-17-9-23-10-18(17)13-25)2-3-20(21)28-15-19(26)14-24-6-4-22-5-7-24;;/h2-3,8,17-19,22-23,26H,4-7,9-15H2,1H3;2*1H/t17-,18+,19?;;. The molecular weight excluding hydrogens is 427 g/mol. The van der Waals surface area contributed by atoms with E-state index < -0.39 is 6.10 Å². The number of nitrogens with zero attached hydrogens (tertiary/aromatic N) is 2. The molecule has 0 aliphatic carbocycles. The molecule has 4 rings (SSSR count). The summed E-state index contributed by atoms with van der Waals surface area (Å²) in [7, 11) is 1.68. The summed E-state index contributed by atoms with van der Waals surface area (Å²) in [6, 6.07) is 6.17. The van der Waals surface area contributed by atoms with Gasteiger partial charge in [-0.05, 0) is 42.6 Å². The summed E-state index contributed by atoms with van der Waals surface area (Å²) in [4.78, 5) is 4.81. The molecule has 0 amide bonds. The van der Waals surface area contributed by atoms with E-state index in [9.17, 15) is 5.11 Å². The van der Waals surface area contributed by atoms with Crippen LogP contribution in [-0.4, -0.2) is 93.6 Å². The van der Waals surface area contributed by atoms with E-state index in [1.807, 2.05) is 6.07 Å². The van der Waals surface area contributed by atoms with Crippen LogP contribution >= 0.6 is 24.8 Å². The Morgan fingerprint density at radius 3 is 2.40 bits per heavy atom. The lowest BCUT2D eigenvalue weighted by molar-refractivity contribution is 0.0632. The van der Waals surface area contributed by atoms with E-state index in [1.165, 1.54) is 18.7 Å². The van der Waals surface area contributed by atoms with Gasteiger partial charge in [-0.2, -0.15) is 0 Å². The Hall–Kier alpha value is -0.800. The van der Waals surface area contributed by atoms with Crippen LogP contribution in [0.25, 0.3) is 0 Å². The zero-order valence-corrected chi connectivity index (χ0v) is 19.3. The largest absolute Gasteiger partial charge is 0.493 e. The fourth-order valence-electron chi connectivity index (χ4n) is 4.70. The van der Waals surface area contributed by atoms with Crippen LogP contribution in [0, 0.1) is 11.8 Å². The predicted octanol–water partition coefficient (Wildman–Crippen LogP) is 0.835. The van der Waals surface area contributed by atoms with Crippen LogP contribution in [0.2, 0.25) is 0 Å². The minimum Gasteiger partial charge on any atom is -0.493 e. The molecule has 1 unspecified atom stereocenters. The molecule has 3 saturated heterocycles. The Morgan fingerprint density at radius 1 is 1.03 bits per heavy atom. The van der Waals surface area contributed by atoms with Crippen LogP contribution in [0.15, 0.2) is 18.2 Å². The van der Waals surface area contributed by atoms with E-state index in [4.69, 9.17) is 9.47 Å². The van der Waals surface area contributed by atoms with Crippen molar-refractivity contribution in [3.8, 4) is 11.5 Å². The molecule has 0 saturated carbocycles. The second kappa shape index (κ2) is 12.3. The highest BCUT2D eigenvalue weighted by molar-refractivity contribution is 5.85. The molecule has 0 radical (unpaired) electrons. The van der Waals surface area contributed by atoms with Gasteiger partial charge < -0.3 is 25.2 Å². The molecule has 172 valence electrons. The van der Waals surface area contributed by atoms with Crippen LogP contribution in [0.5, 0.6) is 11.5 Å². The number of nitrogens with one attached hydrogen (secondary N) is 2. The molecule has 3 atom stereocenters. The minimum absolute atomic E-state index is 0. The zero-order valence-electron chi connectivity index (χ0n) is 17.7. The third-order valence-corrected chi connectivity index (χ3v) is 6.21. The predicted molar refractivity (Wildman–Crippen MR) is 123 cm³/mol. The average molecular weight is 463 g/mol. The number of likely N-dealkylation sites (tertiary alicyclic amines) is 1. The van der Waals surface area contributed by atoms with Gasteiger partial charge in [0.1, 0.15) is 12.7 Å². The van der Waals surface area contributed by atoms with E-state index in [-0.39, 0.29) is 31.4 Å². The summed E-state index contributed by atoms with van der Waals surface area (Å²) >= 11 is 0. The zero-order chi connectivity index (χ0) is 19.3. The number of hydrogen-bond acceptors (Lipinski definition) is 7. The molecule has 0 spiro atoms. The number of aliphatic hydroxyl groups excluding tert-OH is 1. The summed E-state index contributed by atoms with van der Waals surface area (Å²) in [5, 5.41) is 17.1. The van der Waals surface area contributed by atoms with E-state index in [2.05, 4.69) is 32.6 Å². The van der Waals surface area contributed by atoms with E-state index in [0.717, 1.165) is 63.4 Å². The Kier molecular flexibility index (Phi) is 10.4. The molecule has 3 N–H and O–H groups in total. The van der Waals surface area contributed by atoms with Crippen molar-refractivity contribution in [3.63, 3.8) is 0 Å². The van der Waals surface area contributed by atoms with Gasteiger partial charge in [-0.1, -0.05) is 6.07 Å². The lowest BCUT2D eigenvalue weighted by atomic mass is 10.0. The second-order valence-corrected chi connectivity index (χ2v) is 8.37. The van der Waals surface area contributed by atoms with Gasteiger partial charge in [-0.15, -0.1) is 24.8 Å². The molecule has 0 bridgehead atoms. The van der Waals surface area contributed by atoms with Crippen LogP contribution in [0.4, 0.5) is 0 Å². The fourth-order valence-corrected chi connectivity index (χ4v) is 4.70. The average Bonchev–Trinajstić information content (AvgIpc) is 3.29. The lowest BCUT2D eigenvalue weighted by Crippen LogP contribution is -2.47. The number of β-amino-alcohol motifs (C(OH)–C–C–N with tert-alkyl or cyclic N) is 1. The first-order valence-corrected chi connectivity index (χ1v) is 10.5. The van der Waals surface area contributed by atoms with Crippen molar-refractivity contribution in [1.29, 1.82) is 0 Å². The van der Waals surface area contributed by atoms with Crippen molar-refractivity contribution in [1.82, 2.24) is 20.4 Å². The molecule has 0 aromatic heterocycles. The van der Waals surface area contributed by atoms with Crippen molar-refractivity contribution >= 4 is 24.8 Å². The van der Waals surface area contributed by atoms with Crippen molar-refractivity contribution in [3.05, 3.63) is 23.8 Å². The van der Waals surface area contributed by atoms with Gasteiger partial charge in [-0.3, -0.25) is 9.80 Å². The normalized spacial score (nSPS) is 25.1. The number of ether oxygens (including phenoxy) is 2. The molecule has 3 aliphatic rings. The first-order chi connectivity index (χ1) is 13.7. The maximum atomic E-state index is 10.3. The Balaban J connectivity index is 0.00000160. The van der Waals surface area contributed by atoms with Gasteiger partial charge in [0.2, 0.25) is 0 Å². The Bertz CT molecular complexity index is 637. The van der Waals surface area contributed by atoms with Gasteiger partial charge in [-0.25, -0.2) is 0 Å². The molecule has 3 fully saturated rings. The van der Waals surface area contributed by atoms with Gasteiger partial charge >= 0.3 is 0 Å². The number of methoxy groups -OCH3 is 1. The number of hydrogen-bond donors (Lipinski definition) is 3. The molecule has 7 nitrogen and oxygen atoms in total. The maximum absolute atomic E-state index is 10.3. The van der Waals surface area contributed by atoms with Crippen molar-refractivity contribution < 1.29 is 14.6 Å². The lowest BCUT2D eigenvalue weighted by Gasteiger charge is -2.29. The molecule has 3 aliphatic heterocycles. The number of halogens is 2. The Labute approximate surface area is 192 Å². The molecule has 30 heavy (non-hydrogen) atoms. The van der Waals surface area contributed by atoms with Crippen molar-refractivity contribution in [2.75, 3.05) is 72.6 Å². The van der Waals surface area contributed by atoms with Crippen LogP contribution in [-0.2, 0) is 6.54 Å². The summed E-state index contributed by atoms with van der Waals surface area (Å²) in [6.07, 6.45) is -0.500. The fraction of sp³-hybridized carbons (Fsp3) is 0.714. The summed E-state index contributed by atoms with van der Waals surface area (Å²) in [5.41, 5.74) is 1.25. The maximum Gasteiger partial charge on any atom is 0.161 e. The van der Waals surface area contributed by atoms with Crippen LogP contribution < -0.4 is 20.1 Å². The van der Waals surface area contributed by atoms with Crippen molar-refractivity contribution in [2.45, 2.75) is 12.6 Å². The quantitative estimate of drug-likeness (QED) is 0.528. The molecule has 1 aromatic rings. The number of benzene rings is 1. The first-order valence-electron chi connectivity index (χ1n) is 10.5. The highest BCUT2D eigenvalue weighted by Crippen LogP contribution is 2.31. The highest BCUT2D eigenvalue weighted by atomic mass is 35.5. The third-order valence-electron chi connectivity index (χ3n) is 6.21. The number of aliphatic hydroxyl groups is 1. The van der Waals surface area contributed by atoms with E-state index in [0.29, 0.717) is 12.3 Å².